The average molecular weight is 186 g/mol. The van der Waals surface area contributed by atoms with Crippen LogP contribution in [0.2, 0.25) is 0 Å². The Morgan fingerprint density at radius 2 is 1.77 bits per heavy atom. The molecule has 0 saturated carbocycles. The van der Waals surface area contributed by atoms with Gasteiger partial charge in [-0.15, -0.1) is 6.58 Å². The van der Waals surface area contributed by atoms with Crippen LogP contribution in [0.25, 0.3) is 0 Å². The van der Waals surface area contributed by atoms with Crippen LogP contribution in [0.3, 0.4) is 0 Å². The number of aliphatic carboxylic acids is 2. The van der Waals surface area contributed by atoms with Crippen molar-refractivity contribution in [2.45, 2.75) is 20.3 Å². The third-order valence-electron chi connectivity index (χ3n) is 2.22. The lowest BCUT2D eigenvalue weighted by atomic mass is 9.74. The van der Waals surface area contributed by atoms with Gasteiger partial charge in [-0.2, -0.15) is 0 Å². The van der Waals surface area contributed by atoms with E-state index in [1.54, 1.807) is 13.8 Å². The Balaban J connectivity index is 5.16. The van der Waals surface area contributed by atoms with E-state index in [2.05, 4.69) is 6.58 Å². The number of carbonyl (C=O) groups is 2. The topological polar surface area (TPSA) is 74.6 Å². The summed E-state index contributed by atoms with van der Waals surface area (Å²) in [7, 11) is 0. The molecule has 0 atom stereocenters. The fourth-order valence-corrected chi connectivity index (χ4v) is 1.22. The molecule has 74 valence electrons. The molecule has 0 heterocycles. The van der Waals surface area contributed by atoms with Crippen molar-refractivity contribution in [2.75, 3.05) is 0 Å². The number of rotatable bonds is 5. The van der Waals surface area contributed by atoms with E-state index in [9.17, 15) is 9.59 Å². The van der Waals surface area contributed by atoms with Crippen LogP contribution in [0.1, 0.15) is 20.3 Å². The molecule has 0 aromatic rings. The third-order valence-corrected chi connectivity index (χ3v) is 2.22. The van der Waals surface area contributed by atoms with Crippen LogP contribution in [0, 0.1) is 11.3 Å². The lowest BCUT2D eigenvalue weighted by Gasteiger charge is -2.27. The van der Waals surface area contributed by atoms with E-state index in [1.165, 1.54) is 6.08 Å². The first-order valence-corrected chi connectivity index (χ1v) is 3.97. The lowest BCUT2D eigenvalue weighted by Crippen LogP contribution is -2.43. The van der Waals surface area contributed by atoms with Crippen molar-refractivity contribution in [3.05, 3.63) is 12.7 Å². The van der Waals surface area contributed by atoms with Crippen LogP contribution in [-0.4, -0.2) is 22.2 Å². The number of carboxylic acid groups (broad SMARTS) is 2. The highest BCUT2D eigenvalue weighted by Gasteiger charge is 2.48. The number of allylic oxidation sites excluding steroid dienone is 1. The largest absolute Gasteiger partial charge is 0.480 e. The summed E-state index contributed by atoms with van der Waals surface area (Å²) in [6, 6.07) is 0. The molecule has 0 aliphatic rings. The molecule has 0 aliphatic carbocycles. The molecule has 0 radical (unpaired) electrons. The minimum Gasteiger partial charge on any atom is -0.480 e. The van der Waals surface area contributed by atoms with E-state index < -0.39 is 23.3 Å². The highest BCUT2D eigenvalue weighted by molar-refractivity contribution is 5.98. The van der Waals surface area contributed by atoms with Crippen molar-refractivity contribution >= 4 is 11.9 Å². The van der Waals surface area contributed by atoms with Crippen molar-refractivity contribution in [3.63, 3.8) is 0 Å². The van der Waals surface area contributed by atoms with Crippen molar-refractivity contribution in [1.29, 1.82) is 0 Å². The van der Waals surface area contributed by atoms with Crippen molar-refractivity contribution in [1.82, 2.24) is 0 Å². The minimum absolute atomic E-state index is 0.0602. The summed E-state index contributed by atoms with van der Waals surface area (Å²) in [6.45, 7) is 6.52. The summed E-state index contributed by atoms with van der Waals surface area (Å²) in [5.74, 6) is -3.09. The standard InChI is InChI=1S/C9H14O4/c1-4-5-9(6(2)3,7(10)11)8(12)13/h4,6H,1,5H2,2-3H3,(H,10,11)(H,12,13). The second-order valence-corrected chi connectivity index (χ2v) is 3.23. The van der Waals surface area contributed by atoms with Crippen LogP contribution in [0.15, 0.2) is 12.7 Å². The summed E-state index contributed by atoms with van der Waals surface area (Å²) in [5.41, 5.74) is -1.73. The molecule has 0 saturated heterocycles. The van der Waals surface area contributed by atoms with Crippen LogP contribution in [0.4, 0.5) is 0 Å². The summed E-state index contributed by atoms with van der Waals surface area (Å²) in [5, 5.41) is 17.7. The fourth-order valence-electron chi connectivity index (χ4n) is 1.22. The first kappa shape index (κ1) is 11.7. The zero-order valence-electron chi connectivity index (χ0n) is 7.78. The Hall–Kier alpha value is -1.32. The first-order valence-electron chi connectivity index (χ1n) is 3.97. The molecule has 4 heteroatoms. The van der Waals surface area contributed by atoms with E-state index in [0.29, 0.717) is 0 Å². The van der Waals surface area contributed by atoms with Gasteiger partial charge in [-0.25, -0.2) is 0 Å². The SMILES string of the molecule is C=CCC(C(=O)O)(C(=O)O)C(C)C. The number of hydrogen-bond acceptors (Lipinski definition) is 2. The molecule has 0 unspecified atom stereocenters. The molecule has 0 aromatic carbocycles. The first-order chi connectivity index (χ1) is 5.89. The Morgan fingerprint density at radius 3 is 1.85 bits per heavy atom. The van der Waals surface area contributed by atoms with Gasteiger partial charge < -0.3 is 10.2 Å². The maximum absolute atomic E-state index is 10.9. The normalized spacial score (nSPS) is 11.3. The molecule has 2 N–H and O–H groups in total. The molecule has 0 amide bonds. The monoisotopic (exact) mass is 186 g/mol. The van der Waals surface area contributed by atoms with Crippen molar-refractivity contribution in [3.8, 4) is 0 Å². The molecule has 0 aliphatic heterocycles. The van der Waals surface area contributed by atoms with Crippen LogP contribution in [0.5, 0.6) is 0 Å². The molecule has 0 aromatic heterocycles. The third kappa shape index (κ3) is 1.88. The minimum atomic E-state index is -1.73. The van der Waals surface area contributed by atoms with Gasteiger partial charge in [-0.3, -0.25) is 9.59 Å². The van der Waals surface area contributed by atoms with Gasteiger partial charge in [0.1, 0.15) is 0 Å². The molecule has 0 fully saturated rings. The Morgan fingerprint density at radius 1 is 1.38 bits per heavy atom. The van der Waals surface area contributed by atoms with Crippen LogP contribution in [-0.2, 0) is 9.59 Å². The highest BCUT2D eigenvalue weighted by atomic mass is 16.4. The van der Waals surface area contributed by atoms with E-state index >= 15 is 0 Å². The quantitative estimate of drug-likeness (QED) is 0.502. The Kier molecular flexibility index (Phi) is 3.66. The predicted molar refractivity (Wildman–Crippen MR) is 47.4 cm³/mol. The Bertz CT molecular complexity index is 216. The second-order valence-electron chi connectivity index (χ2n) is 3.23. The van der Waals surface area contributed by atoms with Crippen molar-refractivity contribution in [2.24, 2.45) is 11.3 Å². The van der Waals surface area contributed by atoms with Gasteiger partial charge in [-0.05, 0) is 12.3 Å². The van der Waals surface area contributed by atoms with Crippen molar-refractivity contribution < 1.29 is 19.8 Å². The zero-order chi connectivity index (χ0) is 10.6. The highest BCUT2D eigenvalue weighted by Crippen LogP contribution is 2.32. The van der Waals surface area contributed by atoms with Gasteiger partial charge in [0.15, 0.2) is 5.41 Å². The molecule has 0 bridgehead atoms. The van der Waals surface area contributed by atoms with Gasteiger partial charge in [0.2, 0.25) is 0 Å². The summed E-state index contributed by atoms with van der Waals surface area (Å²) in [4.78, 5) is 21.7. The smallest absolute Gasteiger partial charge is 0.321 e. The summed E-state index contributed by atoms with van der Waals surface area (Å²) < 4.78 is 0. The molecule has 13 heavy (non-hydrogen) atoms. The van der Waals surface area contributed by atoms with Gasteiger partial charge in [-0.1, -0.05) is 19.9 Å². The molecule has 0 spiro atoms. The van der Waals surface area contributed by atoms with E-state index in [4.69, 9.17) is 10.2 Å². The van der Waals surface area contributed by atoms with E-state index in [0.717, 1.165) is 0 Å². The molecular formula is C9H14O4. The fraction of sp³-hybridized carbons (Fsp3) is 0.556. The predicted octanol–water partition coefficient (Wildman–Crippen LogP) is 1.37. The maximum Gasteiger partial charge on any atom is 0.321 e. The van der Waals surface area contributed by atoms with Crippen LogP contribution < -0.4 is 0 Å². The second kappa shape index (κ2) is 4.07. The van der Waals surface area contributed by atoms with Gasteiger partial charge in [0, 0.05) is 0 Å². The van der Waals surface area contributed by atoms with E-state index in [-0.39, 0.29) is 6.42 Å². The lowest BCUT2D eigenvalue weighted by molar-refractivity contribution is -0.168. The summed E-state index contributed by atoms with van der Waals surface area (Å²) in [6.07, 6.45) is 1.26. The number of hydrogen-bond donors (Lipinski definition) is 2. The molecule has 0 rings (SSSR count). The maximum atomic E-state index is 10.9. The van der Waals surface area contributed by atoms with Gasteiger partial charge >= 0.3 is 11.9 Å². The van der Waals surface area contributed by atoms with Gasteiger partial charge in [0.05, 0.1) is 0 Å². The number of carboxylic acids is 2. The molecule has 4 nitrogen and oxygen atoms in total. The summed E-state index contributed by atoms with van der Waals surface area (Å²) >= 11 is 0. The average Bonchev–Trinajstić information content (AvgIpc) is 1.97. The zero-order valence-corrected chi connectivity index (χ0v) is 7.78. The Labute approximate surface area is 76.9 Å². The van der Waals surface area contributed by atoms with Gasteiger partial charge in [0.25, 0.3) is 0 Å². The van der Waals surface area contributed by atoms with E-state index in [1.807, 2.05) is 0 Å². The van der Waals surface area contributed by atoms with Crippen LogP contribution >= 0.6 is 0 Å². The molecular weight excluding hydrogens is 172 g/mol.